The van der Waals surface area contributed by atoms with E-state index in [9.17, 15) is 8.78 Å². The van der Waals surface area contributed by atoms with Crippen LogP contribution < -0.4 is 0 Å². The Balaban J connectivity index is 0. The summed E-state index contributed by atoms with van der Waals surface area (Å²) in [5.74, 6) is -2.98. The number of alkyl halides is 2. The maximum Gasteiger partial charge on any atom is 0.247 e. The van der Waals surface area contributed by atoms with Crippen LogP contribution in [0.2, 0.25) is 0 Å². The molecule has 0 heterocycles. The van der Waals surface area contributed by atoms with Crippen molar-refractivity contribution in [2.45, 2.75) is 53.4 Å². The van der Waals surface area contributed by atoms with E-state index in [-0.39, 0.29) is 0 Å². The van der Waals surface area contributed by atoms with E-state index in [2.05, 4.69) is 13.8 Å². The molecule has 1 atom stereocenters. The summed E-state index contributed by atoms with van der Waals surface area (Å²) >= 11 is 0. The van der Waals surface area contributed by atoms with Gasteiger partial charge in [0.05, 0.1) is 0 Å². The molecule has 0 aromatic heterocycles. The Kier molecular flexibility index (Phi) is 8.02. The first kappa shape index (κ1) is 13.4. The van der Waals surface area contributed by atoms with Crippen molar-refractivity contribution in [3.05, 3.63) is 0 Å². The monoisotopic (exact) mass is 166 g/mol. The molecular formula is C9H20F2. The molecule has 0 N–H and O–H groups in total. The number of halogens is 2. The van der Waals surface area contributed by atoms with Gasteiger partial charge in [0.2, 0.25) is 5.92 Å². The molecule has 11 heavy (non-hydrogen) atoms. The Bertz CT molecular complexity index is 74.1. The van der Waals surface area contributed by atoms with Crippen LogP contribution in [0.5, 0.6) is 0 Å². The Morgan fingerprint density at radius 1 is 1.18 bits per heavy atom. The largest absolute Gasteiger partial charge is 0.247 e. The van der Waals surface area contributed by atoms with Crippen molar-refractivity contribution >= 4 is 0 Å². The summed E-state index contributed by atoms with van der Waals surface area (Å²) in [6, 6.07) is 0. The summed E-state index contributed by atoms with van der Waals surface area (Å²) in [7, 11) is 0. The third-order valence-electron chi connectivity index (χ3n) is 1.48. The first-order chi connectivity index (χ1) is 4.90. The zero-order valence-corrected chi connectivity index (χ0v) is 8.25. The molecule has 0 saturated carbocycles. The van der Waals surface area contributed by atoms with Crippen LogP contribution in [-0.2, 0) is 0 Å². The predicted molar refractivity (Wildman–Crippen MR) is 46.0 cm³/mol. The smallest absolute Gasteiger partial charge is 0.207 e. The average molecular weight is 166 g/mol. The van der Waals surface area contributed by atoms with Crippen LogP contribution in [0.4, 0.5) is 8.78 Å². The van der Waals surface area contributed by atoms with E-state index in [1.54, 1.807) is 13.8 Å². The van der Waals surface area contributed by atoms with Crippen molar-refractivity contribution < 1.29 is 8.78 Å². The quantitative estimate of drug-likeness (QED) is 0.579. The van der Waals surface area contributed by atoms with Gasteiger partial charge in [-0.15, -0.1) is 0 Å². The maximum atomic E-state index is 12.1. The van der Waals surface area contributed by atoms with Crippen LogP contribution in [0.15, 0.2) is 0 Å². The van der Waals surface area contributed by atoms with Crippen LogP contribution in [0.3, 0.4) is 0 Å². The Hall–Kier alpha value is -0.140. The van der Waals surface area contributed by atoms with E-state index in [1.165, 1.54) is 6.42 Å². The lowest BCUT2D eigenvalue weighted by Crippen LogP contribution is -2.20. The van der Waals surface area contributed by atoms with Crippen LogP contribution in [0, 0.1) is 5.92 Å². The van der Waals surface area contributed by atoms with Crippen molar-refractivity contribution in [1.29, 1.82) is 0 Å². The number of hydrogen-bond acceptors (Lipinski definition) is 0. The van der Waals surface area contributed by atoms with Crippen molar-refractivity contribution in [2.75, 3.05) is 0 Å². The molecule has 70 valence electrons. The van der Waals surface area contributed by atoms with Gasteiger partial charge in [-0.05, 0) is 13.3 Å². The van der Waals surface area contributed by atoms with Gasteiger partial charge in [-0.1, -0.05) is 34.1 Å². The Labute approximate surface area is 69.0 Å². The van der Waals surface area contributed by atoms with Crippen molar-refractivity contribution in [1.82, 2.24) is 0 Å². The highest BCUT2D eigenvalue weighted by Crippen LogP contribution is 2.25. The zero-order valence-electron chi connectivity index (χ0n) is 8.25. The van der Waals surface area contributed by atoms with E-state index in [1.807, 2.05) is 0 Å². The minimum absolute atomic E-state index is 0.484. The summed E-state index contributed by atoms with van der Waals surface area (Å²) < 4.78 is 24.2. The molecule has 0 aliphatic rings. The standard InChI is InChI=1S/C6H12F2.C3H8/c1-4-5(2)6(3,7)8;1-3-2/h5H,4H2,1-3H3;3H2,1-2H3. The highest BCUT2D eigenvalue weighted by Gasteiger charge is 2.27. The van der Waals surface area contributed by atoms with Gasteiger partial charge >= 0.3 is 0 Å². The van der Waals surface area contributed by atoms with Crippen molar-refractivity contribution in [2.24, 2.45) is 5.92 Å². The van der Waals surface area contributed by atoms with Crippen molar-refractivity contribution in [3.63, 3.8) is 0 Å². The molecule has 0 fully saturated rings. The summed E-state index contributed by atoms with van der Waals surface area (Å²) in [6.45, 7) is 8.53. The first-order valence-electron chi connectivity index (χ1n) is 4.27. The molecule has 2 heteroatoms. The van der Waals surface area contributed by atoms with Gasteiger partial charge in [0.25, 0.3) is 0 Å². The normalized spacial score (nSPS) is 13.4. The van der Waals surface area contributed by atoms with Crippen LogP contribution >= 0.6 is 0 Å². The minimum atomic E-state index is -2.49. The van der Waals surface area contributed by atoms with Crippen LogP contribution in [-0.4, -0.2) is 5.92 Å². The third kappa shape index (κ3) is 9.86. The zero-order chi connectivity index (χ0) is 9.49. The highest BCUT2D eigenvalue weighted by molar-refractivity contribution is 4.64. The predicted octanol–water partition coefficient (Wildman–Crippen LogP) is 4.10. The lowest BCUT2D eigenvalue weighted by atomic mass is 10.0. The maximum absolute atomic E-state index is 12.1. The first-order valence-corrected chi connectivity index (χ1v) is 4.27. The second-order valence-corrected chi connectivity index (χ2v) is 2.97. The molecule has 0 radical (unpaired) electrons. The summed E-state index contributed by atoms with van der Waals surface area (Å²) in [4.78, 5) is 0. The van der Waals surface area contributed by atoms with Gasteiger partial charge in [-0.25, -0.2) is 8.78 Å². The number of rotatable bonds is 2. The molecule has 0 saturated heterocycles. The molecule has 0 bridgehead atoms. The minimum Gasteiger partial charge on any atom is -0.207 e. The molecule has 0 aliphatic carbocycles. The van der Waals surface area contributed by atoms with Gasteiger partial charge in [0.1, 0.15) is 0 Å². The van der Waals surface area contributed by atoms with E-state index in [4.69, 9.17) is 0 Å². The molecule has 0 amide bonds. The fraction of sp³-hybridized carbons (Fsp3) is 1.00. The van der Waals surface area contributed by atoms with Gasteiger partial charge in [0, 0.05) is 5.92 Å². The molecular weight excluding hydrogens is 146 g/mol. The molecule has 0 aromatic carbocycles. The van der Waals surface area contributed by atoms with E-state index in [0.717, 1.165) is 6.92 Å². The Morgan fingerprint density at radius 3 is 1.45 bits per heavy atom. The van der Waals surface area contributed by atoms with Gasteiger partial charge in [0.15, 0.2) is 0 Å². The third-order valence-corrected chi connectivity index (χ3v) is 1.48. The SMILES string of the molecule is CCC.CCC(C)C(C)(F)F. The van der Waals surface area contributed by atoms with Crippen LogP contribution in [0.1, 0.15) is 47.5 Å². The summed E-state index contributed by atoms with van der Waals surface area (Å²) in [6.07, 6.45) is 1.80. The molecule has 0 aromatic rings. The van der Waals surface area contributed by atoms with Gasteiger partial charge in [-0.2, -0.15) is 0 Å². The average Bonchev–Trinajstić information content (AvgIpc) is 1.86. The topological polar surface area (TPSA) is 0 Å². The fourth-order valence-electron chi connectivity index (χ4n) is 0.358. The van der Waals surface area contributed by atoms with Crippen LogP contribution in [0.25, 0.3) is 0 Å². The highest BCUT2D eigenvalue weighted by atomic mass is 19.3. The Morgan fingerprint density at radius 2 is 1.45 bits per heavy atom. The second kappa shape index (κ2) is 6.56. The second-order valence-electron chi connectivity index (χ2n) is 2.97. The summed E-state index contributed by atoms with van der Waals surface area (Å²) in [5, 5.41) is 0. The van der Waals surface area contributed by atoms with Gasteiger partial charge in [-0.3, -0.25) is 0 Å². The van der Waals surface area contributed by atoms with E-state index < -0.39 is 11.8 Å². The molecule has 0 aliphatic heterocycles. The molecule has 0 rings (SSSR count). The fourth-order valence-corrected chi connectivity index (χ4v) is 0.358. The summed E-state index contributed by atoms with van der Waals surface area (Å²) in [5.41, 5.74) is 0. The molecule has 0 spiro atoms. The van der Waals surface area contributed by atoms with E-state index >= 15 is 0 Å². The number of hydrogen-bond donors (Lipinski definition) is 0. The van der Waals surface area contributed by atoms with Gasteiger partial charge < -0.3 is 0 Å². The van der Waals surface area contributed by atoms with Crippen molar-refractivity contribution in [3.8, 4) is 0 Å². The van der Waals surface area contributed by atoms with E-state index in [0.29, 0.717) is 6.42 Å². The lowest BCUT2D eigenvalue weighted by molar-refractivity contribution is -0.0335. The molecule has 1 unspecified atom stereocenters. The molecule has 0 nitrogen and oxygen atoms in total. The lowest BCUT2D eigenvalue weighted by Gasteiger charge is -2.16.